The molecule has 0 spiro atoms. The molecule has 1 fully saturated rings. The molecular weight excluding hydrogens is 292 g/mol. The van der Waals surface area contributed by atoms with E-state index >= 15 is 0 Å². The number of nitrogens with one attached hydrogen (secondary N) is 1. The maximum absolute atomic E-state index is 12.3. The number of urea groups is 1. The van der Waals surface area contributed by atoms with Crippen LogP contribution < -0.4 is 10.1 Å². The number of likely N-dealkylation sites (tertiary alicyclic amines) is 1. The Morgan fingerprint density at radius 3 is 3.04 bits per heavy atom. The lowest BCUT2D eigenvalue weighted by Crippen LogP contribution is -2.48. The van der Waals surface area contributed by atoms with Crippen LogP contribution in [0.2, 0.25) is 0 Å². The quantitative estimate of drug-likeness (QED) is 0.847. The zero-order valence-electron chi connectivity index (χ0n) is 14.1. The minimum atomic E-state index is -0.0607. The van der Waals surface area contributed by atoms with Crippen molar-refractivity contribution in [1.82, 2.24) is 10.2 Å². The third-order valence-electron chi connectivity index (χ3n) is 4.29. The summed E-state index contributed by atoms with van der Waals surface area (Å²) in [6.45, 7) is 6.12. The number of hydrogen-bond donors (Lipinski definition) is 2. The van der Waals surface area contributed by atoms with Gasteiger partial charge in [-0.1, -0.05) is 19.1 Å². The molecule has 2 unspecified atom stereocenters. The van der Waals surface area contributed by atoms with Crippen LogP contribution in [0.3, 0.4) is 0 Å². The van der Waals surface area contributed by atoms with Crippen molar-refractivity contribution in [2.75, 3.05) is 26.2 Å². The Hall–Kier alpha value is -1.75. The number of ether oxygens (including phenoxy) is 1. The monoisotopic (exact) mass is 320 g/mol. The van der Waals surface area contributed by atoms with Crippen LogP contribution in [0, 0.1) is 12.8 Å². The molecule has 1 aliphatic heterocycles. The van der Waals surface area contributed by atoms with Gasteiger partial charge in [0.1, 0.15) is 11.9 Å². The fourth-order valence-corrected chi connectivity index (χ4v) is 2.86. The van der Waals surface area contributed by atoms with E-state index in [4.69, 9.17) is 4.74 Å². The fraction of sp³-hybridized carbons (Fsp3) is 0.611. The highest BCUT2D eigenvalue weighted by Crippen LogP contribution is 2.17. The van der Waals surface area contributed by atoms with Gasteiger partial charge in [-0.2, -0.15) is 0 Å². The van der Waals surface area contributed by atoms with E-state index in [0.717, 1.165) is 37.1 Å². The average molecular weight is 320 g/mol. The van der Waals surface area contributed by atoms with E-state index in [1.807, 2.05) is 31.2 Å². The molecule has 2 rings (SSSR count). The average Bonchev–Trinajstić information content (AvgIpc) is 2.58. The molecule has 1 aromatic carbocycles. The molecule has 2 N–H and O–H groups in total. The lowest BCUT2D eigenvalue weighted by Gasteiger charge is -2.32. The summed E-state index contributed by atoms with van der Waals surface area (Å²) >= 11 is 0. The van der Waals surface area contributed by atoms with Crippen molar-refractivity contribution in [2.45, 2.75) is 39.2 Å². The van der Waals surface area contributed by atoms with E-state index in [9.17, 15) is 9.90 Å². The molecule has 5 heteroatoms. The highest BCUT2D eigenvalue weighted by molar-refractivity contribution is 5.74. The van der Waals surface area contributed by atoms with Crippen molar-refractivity contribution in [3.05, 3.63) is 29.8 Å². The molecule has 23 heavy (non-hydrogen) atoms. The van der Waals surface area contributed by atoms with Crippen LogP contribution in [0.1, 0.15) is 31.7 Å². The number of amides is 2. The Balaban J connectivity index is 1.81. The van der Waals surface area contributed by atoms with Crippen LogP contribution in [0.4, 0.5) is 4.79 Å². The second-order valence-corrected chi connectivity index (χ2v) is 6.29. The van der Waals surface area contributed by atoms with Crippen LogP contribution in [-0.4, -0.2) is 48.4 Å². The molecule has 0 aliphatic carbocycles. The number of carbonyl (C=O) groups is 1. The molecule has 1 heterocycles. The van der Waals surface area contributed by atoms with Crippen LogP contribution in [0.15, 0.2) is 24.3 Å². The Morgan fingerprint density at radius 2 is 2.35 bits per heavy atom. The van der Waals surface area contributed by atoms with Gasteiger partial charge in [-0.25, -0.2) is 4.79 Å². The number of piperidine rings is 1. The summed E-state index contributed by atoms with van der Waals surface area (Å²) in [7, 11) is 0. The number of carbonyl (C=O) groups excluding carboxylic acids is 1. The summed E-state index contributed by atoms with van der Waals surface area (Å²) in [6.07, 6.45) is 2.73. The normalized spacial score (nSPS) is 19.3. The molecule has 5 nitrogen and oxygen atoms in total. The largest absolute Gasteiger partial charge is 0.489 e. The highest BCUT2D eigenvalue weighted by atomic mass is 16.5. The smallest absolute Gasteiger partial charge is 0.317 e. The first kappa shape index (κ1) is 17.6. The number of aliphatic hydroxyl groups is 1. The summed E-state index contributed by atoms with van der Waals surface area (Å²) in [6, 6.07) is 7.88. The van der Waals surface area contributed by atoms with Crippen molar-refractivity contribution in [1.29, 1.82) is 0 Å². The molecule has 1 aliphatic rings. The predicted octanol–water partition coefficient (Wildman–Crippen LogP) is 2.57. The topological polar surface area (TPSA) is 61.8 Å². The number of rotatable bonds is 6. The Bertz CT molecular complexity index is 507. The van der Waals surface area contributed by atoms with E-state index in [1.54, 1.807) is 4.90 Å². The number of aliphatic hydroxyl groups excluding tert-OH is 1. The fourth-order valence-electron chi connectivity index (χ4n) is 2.86. The molecule has 1 saturated heterocycles. The highest BCUT2D eigenvalue weighted by Gasteiger charge is 2.23. The molecule has 0 aromatic heterocycles. The van der Waals surface area contributed by atoms with Gasteiger partial charge in [0.05, 0.1) is 6.54 Å². The minimum absolute atomic E-state index is 0.0424. The molecule has 128 valence electrons. The van der Waals surface area contributed by atoms with Gasteiger partial charge in [0.2, 0.25) is 0 Å². The Kier molecular flexibility index (Phi) is 6.71. The van der Waals surface area contributed by atoms with Crippen LogP contribution in [0.5, 0.6) is 5.75 Å². The van der Waals surface area contributed by atoms with Crippen molar-refractivity contribution >= 4 is 6.03 Å². The van der Waals surface area contributed by atoms with Crippen LogP contribution in [-0.2, 0) is 0 Å². The second-order valence-electron chi connectivity index (χ2n) is 6.29. The third kappa shape index (κ3) is 5.43. The van der Waals surface area contributed by atoms with E-state index in [1.165, 1.54) is 0 Å². The second kappa shape index (κ2) is 8.77. The SMILES string of the molecule is CCC(CNC(=O)N1CCCC(CO)C1)Oc1cccc(C)c1. The minimum Gasteiger partial charge on any atom is -0.489 e. The Morgan fingerprint density at radius 1 is 1.52 bits per heavy atom. The first-order chi connectivity index (χ1) is 11.1. The summed E-state index contributed by atoms with van der Waals surface area (Å²) < 4.78 is 5.95. The molecule has 2 atom stereocenters. The Labute approximate surface area is 138 Å². The summed E-state index contributed by atoms with van der Waals surface area (Å²) in [5.74, 6) is 1.05. The van der Waals surface area contributed by atoms with Gasteiger partial charge in [0, 0.05) is 19.7 Å². The van der Waals surface area contributed by atoms with Crippen LogP contribution in [0.25, 0.3) is 0 Å². The van der Waals surface area contributed by atoms with E-state index < -0.39 is 0 Å². The standard InChI is InChI=1S/C18H28N2O3/c1-3-16(23-17-8-4-6-14(2)10-17)11-19-18(22)20-9-5-7-15(12-20)13-21/h4,6,8,10,15-16,21H,3,5,7,9,11-13H2,1-2H3,(H,19,22). The van der Waals surface area contributed by atoms with Gasteiger partial charge in [-0.3, -0.25) is 0 Å². The predicted molar refractivity (Wildman–Crippen MR) is 90.7 cm³/mol. The van der Waals surface area contributed by atoms with Crippen molar-refractivity contribution < 1.29 is 14.6 Å². The third-order valence-corrected chi connectivity index (χ3v) is 4.29. The summed E-state index contributed by atoms with van der Waals surface area (Å²) in [5, 5.41) is 12.2. The number of hydrogen-bond acceptors (Lipinski definition) is 3. The lowest BCUT2D eigenvalue weighted by molar-refractivity contribution is 0.125. The van der Waals surface area contributed by atoms with Gasteiger partial charge in [0.15, 0.2) is 0 Å². The van der Waals surface area contributed by atoms with Crippen molar-refractivity contribution in [3.63, 3.8) is 0 Å². The number of nitrogens with zero attached hydrogens (tertiary/aromatic N) is 1. The van der Waals surface area contributed by atoms with Crippen LogP contribution >= 0.6 is 0 Å². The number of benzene rings is 1. The zero-order valence-corrected chi connectivity index (χ0v) is 14.1. The van der Waals surface area contributed by atoms with Gasteiger partial charge in [-0.05, 0) is 49.8 Å². The van der Waals surface area contributed by atoms with Gasteiger partial charge >= 0.3 is 6.03 Å². The molecular formula is C18H28N2O3. The summed E-state index contributed by atoms with van der Waals surface area (Å²) in [5.41, 5.74) is 1.16. The molecule has 2 amide bonds. The van der Waals surface area contributed by atoms with Gasteiger partial charge in [0.25, 0.3) is 0 Å². The first-order valence-electron chi connectivity index (χ1n) is 8.49. The zero-order chi connectivity index (χ0) is 16.7. The molecule has 0 saturated carbocycles. The summed E-state index contributed by atoms with van der Waals surface area (Å²) in [4.78, 5) is 14.1. The maximum Gasteiger partial charge on any atom is 0.317 e. The van der Waals surface area contributed by atoms with E-state index in [0.29, 0.717) is 13.1 Å². The van der Waals surface area contributed by atoms with Gasteiger partial charge < -0.3 is 20.1 Å². The van der Waals surface area contributed by atoms with Gasteiger partial charge in [-0.15, -0.1) is 0 Å². The number of aryl methyl sites for hydroxylation is 1. The first-order valence-corrected chi connectivity index (χ1v) is 8.49. The van der Waals surface area contributed by atoms with E-state index in [2.05, 4.69) is 12.2 Å². The molecule has 0 bridgehead atoms. The van der Waals surface area contributed by atoms with Crippen molar-refractivity contribution in [2.24, 2.45) is 5.92 Å². The molecule has 1 aromatic rings. The van der Waals surface area contributed by atoms with E-state index in [-0.39, 0.29) is 24.7 Å². The van der Waals surface area contributed by atoms with Crippen molar-refractivity contribution in [3.8, 4) is 5.75 Å². The maximum atomic E-state index is 12.3. The lowest BCUT2D eigenvalue weighted by atomic mass is 9.99. The molecule has 0 radical (unpaired) electrons.